The Balaban J connectivity index is 1.53. The molecule has 3 heterocycles. The van der Waals surface area contributed by atoms with Crippen LogP contribution in [0.3, 0.4) is 0 Å². The van der Waals surface area contributed by atoms with E-state index >= 15 is 0 Å². The summed E-state index contributed by atoms with van der Waals surface area (Å²) in [5.41, 5.74) is 2.17. The summed E-state index contributed by atoms with van der Waals surface area (Å²) in [6.45, 7) is 3.71. The lowest BCUT2D eigenvalue weighted by atomic mass is 9.90. The second-order valence-corrected chi connectivity index (χ2v) is 7.32. The van der Waals surface area contributed by atoms with Gasteiger partial charge in [-0.25, -0.2) is 13.8 Å². The Morgan fingerprint density at radius 3 is 2.68 bits per heavy atom. The van der Waals surface area contributed by atoms with Gasteiger partial charge in [0.1, 0.15) is 16.8 Å². The number of rotatable bonds is 2. The fourth-order valence-electron chi connectivity index (χ4n) is 4.24. The van der Waals surface area contributed by atoms with E-state index in [0.29, 0.717) is 17.1 Å². The summed E-state index contributed by atoms with van der Waals surface area (Å²) in [6.07, 6.45) is 1.68. The molecule has 0 radical (unpaired) electrons. The second kappa shape index (κ2) is 6.54. The molecule has 0 bridgehead atoms. The summed E-state index contributed by atoms with van der Waals surface area (Å²) < 4.78 is 28.2. The van der Waals surface area contributed by atoms with Crippen molar-refractivity contribution in [2.75, 3.05) is 18.0 Å². The Morgan fingerprint density at radius 1 is 1.20 bits per heavy atom. The fourth-order valence-corrected chi connectivity index (χ4v) is 4.43. The number of hydrogen-bond donors (Lipinski definition) is 1. The SMILES string of the molecule is Cc1nc(Cl)ccc1N1CCC2NC(c3c(F)cccc3F)CC2C1. The summed E-state index contributed by atoms with van der Waals surface area (Å²) in [4.78, 5) is 6.64. The Labute approximate surface area is 151 Å². The molecular weight excluding hydrogens is 344 g/mol. The number of fused-ring (bicyclic) bond motifs is 1. The zero-order chi connectivity index (χ0) is 17.6. The van der Waals surface area contributed by atoms with E-state index in [1.807, 2.05) is 13.0 Å². The van der Waals surface area contributed by atoms with Crippen LogP contribution < -0.4 is 10.2 Å². The number of piperidine rings is 1. The standard InChI is InChI=1S/C19H20ClF2N3/c1-11-17(5-6-18(20)23-11)25-8-7-15-12(10-25)9-16(24-15)19-13(21)3-2-4-14(19)22/h2-6,12,15-16,24H,7-10H2,1H3. The van der Waals surface area contributed by atoms with Crippen molar-refractivity contribution in [1.29, 1.82) is 0 Å². The molecule has 3 atom stereocenters. The second-order valence-electron chi connectivity index (χ2n) is 6.93. The van der Waals surface area contributed by atoms with Gasteiger partial charge >= 0.3 is 0 Å². The molecule has 2 aliphatic rings. The molecule has 1 aromatic carbocycles. The topological polar surface area (TPSA) is 28.2 Å². The number of nitrogens with one attached hydrogen (secondary N) is 1. The monoisotopic (exact) mass is 363 g/mol. The van der Waals surface area contributed by atoms with E-state index in [4.69, 9.17) is 11.6 Å². The van der Waals surface area contributed by atoms with Crippen LogP contribution in [0.1, 0.15) is 30.1 Å². The molecule has 25 heavy (non-hydrogen) atoms. The van der Waals surface area contributed by atoms with Crippen LogP contribution in [-0.2, 0) is 0 Å². The summed E-state index contributed by atoms with van der Waals surface area (Å²) in [6, 6.07) is 7.91. The number of aryl methyl sites for hydroxylation is 1. The molecular formula is C19H20ClF2N3. The van der Waals surface area contributed by atoms with Gasteiger partial charge in [0.15, 0.2) is 0 Å². The van der Waals surface area contributed by atoms with E-state index in [0.717, 1.165) is 37.3 Å². The molecule has 3 unspecified atom stereocenters. The van der Waals surface area contributed by atoms with Gasteiger partial charge in [-0.3, -0.25) is 0 Å². The molecule has 0 amide bonds. The van der Waals surface area contributed by atoms with E-state index in [1.165, 1.54) is 18.2 Å². The summed E-state index contributed by atoms with van der Waals surface area (Å²) in [7, 11) is 0. The molecule has 2 fully saturated rings. The van der Waals surface area contributed by atoms with E-state index in [9.17, 15) is 8.78 Å². The van der Waals surface area contributed by atoms with Crippen LogP contribution in [-0.4, -0.2) is 24.1 Å². The first-order chi connectivity index (χ1) is 12.0. The molecule has 0 aliphatic carbocycles. The smallest absolute Gasteiger partial charge is 0.130 e. The molecule has 1 N–H and O–H groups in total. The highest BCUT2D eigenvalue weighted by atomic mass is 35.5. The van der Waals surface area contributed by atoms with Crippen molar-refractivity contribution in [1.82, 2.24) is 10.3 Å². The van der Waals surface area contributed by atoms with Crippen LogP contribution >= 0.6 is 11.6 Å². The average Bonchev–Trinajstić information content (AvgIpc) is 2.97. The predicted octanol–water partition coefficient (Wildman–Crippen LogP) is 4.25. The summed E-state index contributed by atoms with van der Waals surface area (Å²) in [5, 5.41) is 3.94. The molecule has 1 aromatic heterocycles. The maximum absolute atomic E-state index is 14.1. The molecule has 2 saturated heterocycles. The van der Waals surface area contributed by atoms with Crippen LogP contribution in [0.2, 0.25) is 5.15 Å². The first-order valence-corrected chi connectivity index (χ1v) is 8.99. The van der Waals surface area contributed by atoms with Gasteiger partial charge in [0.25, 0.3) is 0 Å². The van der Waals surface area contributed by atoms with Gasteiger partial charge in [0.2, 0.25) is 0 Å². The van der Waals surface area contributed by atoms with E-state index in [1.54, 1.807) is 6.07 Å². The maximum atomic E-state index is 14.1. The number of hydrogen-bond acceptors (Lipinski definition) is 3. The quantitative estimate of drug-likeness (QED) is 0.808. The Hall–Kier alpha value is -1.72. The zero-order valence-electron chi connectivity index (χ0n) is 14.0. The lowest BCUT2D eigenvalue weighted by Gasteiger charge is -2.36. The molecule has 0 spiro atoms. The van der Waals surface area contributed by atoms with Crippen molar-refractivity contribution in [2.45, 2.75) is 31.8 Å². The van der Waals surface area contributed by atoms with E-state index in [-0.39, 0.29) is 11.6 Å². The van der Waals surface area contributed by atoms with Crippen LogP contribution in [0.25, 0.3) is 0 Å². The summed E-state index contributed by atoms with van der Waals surface area (Å²) >= 11 is 5.95. The lowest BCUT2D eigenvalue weighted by molar-refractivity contribution is 0.375. The van der Waals surface area contributed by atoms with Crippen LogP contribution in [0.5, 0.6) is 0 Å². The van der Waals surface area contributed by atoms with Crippen molar-refractivity contribution in [2.24, 2.45) is 5.92 Å². The highest BCUT2D eigenvalue weighted by Crippen LogP contribution is 2.38. The molecule has 6 heteroatoms. The largest absolute Gasteiger partial charge is 0.370 e. The average molecular weight is 364 g/mol. The summed E-state index contributed by atoms with van der Waals surface area (Å²) in [5.74, 6) is -0.579. The van der Waals surface area contributed by atoms with Gasteiger partial charge in [-0.1, -0.05) is 17.7 Å². The van der Waals surface area contributed by atoms with Crippen LogP contribution in [0, 0.1) is 24.5 Å². The number of aromatic nitrogens is 1. The molecule has 2 aromatic rings. The van der Waals surface area contributed by atoms with Crippen molar-refractivity contribution in [3.63, 3.8) is 0 Å². The van der Waals surface area contributed by atoms with Gasteiger partial charge in [-0.15, -0.1) is 0 Å². The number of anilines is 1. The molecule has 132 valence electrons. The molecule has 0 saturated carbocycles. The van der Waals surface area contributed by atoms with Gasteiger partial charge in [0, 0.05) is 30.7 Å². The van der Waals surface area contributed by atoms with Gasteiger partial charge in [-0.05, 0) is 49.9 Å². The Bertz CT molecular complexity index is 778. The number of nitrogens with zero attached hydrogens (tertiary/aromatic N) is 2. The molecule has 2 aliphatic heterocycles. The van der Waals surface area contributed by atoms with Gasteiger partial charge in [-0.2, -0.15) is 0 Å². The van der Waals surface area contributed by atoms with Crippen LogP contribution in [0.4, 0.5) is 14.5 Å². The minimum Gasteiger partial charge on any atom is -0.370 e. The lowest BCUT2D eigenvalue weighted by Crippen LogP contribution is -2.44. The van der Waals surface area contributed by atoms with Crippen molar-refractivity contribution >= 4 is 17.3 Å². The van der Waals surface area contributed by atoms with Crippen molar-refractivity contribution in [3.05, 3.63) is 58.4 Å². The Morgan fingerprint density at radius 2 is 1.96 bits per heavy atom. The highest BCUT2D eigenvalue weighted by Gasteiger charge is 2.40. The number of pyridine rings is 1. The zero-order valence-corrected chi connectivity index (χ0v) is 14.7. The fraction of sp³-hybridized carbons (Fsp3) is 0.421. The third-order valence-electron chi connectivity index (χ3n) is 5.40. The van der Waals surface area contributed by atoms with Crippen molar-refractivity contribution < 1.29 is 8.78 Å². The third kappa shape index (κ3) is 3.11. The van der Waals surface area contributed by atoms with Crippen LogP contribution in [0.15, 0.2) is 30.3 Å². The van der Waals surface area contributed by atoms with Crippen molar-refractivity contribution in [3.8, 4) is 0 Å². The van der Waals surface area contributed by atoms with E-state index < -0.39 is 11.6 Å². The van der Waals surface area contributed by atoms with Gasteiger partial charge < -0.3 is 10.2 Å². The Kier molecular flexibility index (Phi) is 4.38. The first kappa shape index (κ1) is 16.7. The molecule has 3 nitrogen and oxygen atoms in total. The molecule has 4 rings (SSSR count). The number of halogens is 3. The van der Waals surface area contributed by atoms with E-state index in [2.05, 4.69) is 15.2 Å². The first-order valence-electron chi connectivity index (χ1n) is 8.61. The third-order valence-corrected chi connectivity index (χ3v) is 5.61. The highest BCUT2D eigenvalue weighted by molar-refractivity contribution is 6.29. The van der Waals surface area contributed by atoms with Gasteiger partial charge in [0.05, 0.1) is 11.4 Å². The predicted molar refractivity (Wildman–Crippen MR) is 94.9 cm³/mol. The normalized spacial score (nSPS) is 25.9. The maximum Gasteiger partial charge on any atom is 0.130 e. The minimum atomic E-state index is -0.467. The number of benzene rings is 1. The minimum absolute atomic E-state index is 0.174.